The minimum atomic E-state index is -0.0811. The Labute approximate surface area is 174 Å². The van der Waals surface area contributed by atoms with Crippen LogP contribution in [0.1, 0.15) is 54.2 Å². The lowest BCUT2D eigenvalue weighted by atomic mass is 10.0. The molecule has 2 aromatic carbocycles. The number of para-hydroxylation sites is 1. The zero-order valence-electron chi connectivity index (χ0n) is 16.8. The predicted octanol–water partition coefficient (Wildman–Crippen LogP) is 4.35. The zero-order chi connectivity index (χ0) is 20.2. The number of rotatable bonds is 7. The van der Waals surface area contributed by atoms with E-state index in [0.717, 1.165) is 18.4 Å². The number of fused-ring (bicyclic) bond motifs is 1. The van der Waals surface area contributed by atoms with Crippen molar-refractivity contribution in [3.63, 3.8) is 0 Å². The Balaban J connectivity index is 1.65. The Hall–Kier alpha value is -2.76. The molecular weight excluding hydrogens is 378 g/mol. The number of hydrogen-bond donors (Lipinski definition) is 2. The summed E-state index contributed by atoms with van der Waals surface area (Å²) in [7, 11) is 0. The summed E-state index contributed by atoms with van der Waals surface area (Å²) in [6.07, 6.45) is 2.25. The molecule has 0 amide bonds. The highest BCUT2D eigenvalue weighted by atomic mass is 32.1. The Bertz CT molecular complexity index is 1130. The molecule has 29 heavy (non-hydrogen) atoms. The molecule has 0 unspecified atom stereocenters. The van der Waals surface area contributed by atoms with Gasteiger partial charge in [-0.25, -0.2) is 4.98 Å². The summed E-state index contributed by atoms with van der Waals surface area (Å²) in [5.74, 6) is 0.706. The highest BCUT2D eigenvalue weighted by Gasteiger charge is 2.24. The number of nitrogens with two attached hydrogens (primary N) is 1. The Morgan fingerprint density at radius 3 is 2.59 bits per heavy atom. The Morgan fingerprint density at radius 2 is 1.86 bits per heavy atom. The van der Waals surface area contributed by atoms with Crippen molar-refractivity contribution in [2.75, 3.05) is 0 Å². The Kier molecular flexibility index (Phi) is 5.88. The fourth-order valence-electron chi connectivity index (χ4n) is 3.72. The maximum Gasteiger partial charge on any atom is 0.258 e. The molecule has 0 aliphatic rings. The lowest BCUT2D eigenvalue weighted by Crippen LogP contribution is -2.86. The zero-order valence-corrected chi connectivity index (χ0v) is 17.6. The van der Waals surface area contributed by atoms with Crippen LogP contribution >= 0.6 is 11.3 Å². The summed E-state index contributed by atoms with van der Waals surface area (Å²) in [5, 5.41) is 5.03. The van der Waals surface area contributed by atoms with Crippen LogP contribution in [0.15, 0.2) is 70.8 Å². The summed E-state index contributed by atoms with van der Waals surface area (Å²) in [4.78, 5) is 21.5. The van der Waals surface area contributed by atoms with Crippen LogP contribution in [0, 0.1) is 0 Å². The van der Waals surface area contributed by atoms with Crippen molar-refractivity contribution >= 4 is 22.2 Å². The fourth-order valence-corrected chi connectivity index (χ4v) is 4.55. The molecule has 148 valence electrons. The van der Waals surface area contributed by atoms with Crippen LogP contribution in [0.5, 0.6) is 0 Å². The van der Waals surface area contributed by atoms with Crippen molar-refractivity contribution in [1.82, 2.24) is 9.97 Å². The molecule has 0 spiro atoms. The minimum absolute atomic E-state index is 0.00900. The van der Waals surface area contributed by atoms with Crippen LogP contribution in [-0.2, 0) is 6.42 Å². The largest absolute Gasteiger partial charge is 0.327 e. The maximum atomic E-state index is 12.5. The van der Waals surface area contributed by atoms with Gasteiger partial charge >= 0.3 is 0 Å². The van der Waals surface area contributed by atoms with E-state index in [4.69, 9.17) is 4.98 Å². The second-order valence-corrected chi connectivity index (χ2v) is 8.41. The maximum absolute atomic E-state index is 12.5. The first kappa shape index (κ1) is 19.6. The van der Waals surface area contributed by atoms with Gasteiger partial charge in [-0.05, 0) is 42.5 Å². The van der Waals surface area contributed by atoms with Crippen LogP contribution < -0.4 is 10.9 Å². The topological polar surface area (TPSA) is 62.4 Å². The van der Waals surface area contributed by atoms with E-state index in [1.165, 1.54) is 16.0 Å². The van der Waals surface area contributed by atoms with E-state index in [0.29, 0.717) is 11.2 Å². The standard InChI is InChI=1S/C24H25N3OS/c1-3-7-17-11-13-18(14-12-17)22(21-10-6-15-29-21)25-16(2)23-26-20-9-5-4-8-19(20)24(28)27-23/h4-6,8-16,22,25H,3,7H2,1-2H3,(H,26,27,28)/p+1/t16-,22+/m1/s1. The highest BCUT2D eigenvalue weighted by Crippen LogP contribution is 2.24. The number of nitrogens with zero attached hydrogens (tertiary/aromatic N) is 1. The number of quaternary nitrogens is 1. The van der Waals surface area contributed by atoms with Crippen molar-refractivity contribution < 1.29 is 5.32 Å². The summed E-state index contributed by atoms with van der Waals surface area (Å²) < 4.78 is 0. The van der Waals surface area contributed by atoms with Crippen LogP contribution in [-0.4, -0.2) is 9.97 Å². The summed E-state index contributed by atoms with van der Waals surface area (Å²) in [6.45, 7) is 4.30. The normalized spacial score (nSPS) is 13.4. The lowest BCUT2D eigenvalue weighted by molar-refractivity contribution is -0.723. The van der Waals surface area contributed by atoms with Gasteiger partial charge in [-0.1, -0.05) is 55.8 Å². The first-order chi connectivity index (χ1) is 14.2. The Morgan fingerprint density at radius 1 is 1.07 bits per heavy atom. The monoisotopic (exact) mass is 404 g/mol. The molecule has 0 bridgehead atoms. The van der Waals surface area contributed by atoms with Crippen LogP contribution in [0.2, 0.25) is 0 Å². The number of benzene rings is 2. The van der Waals surface area contributed by atoms with E-state index in [2.05, 4.69) is 65.9 Å². The van der Waals surface area contributed by atoms with E-state index >= 15 is 0 Å². The smallest absolute Gasteiger partial charge is 0.258 e. The molecular formula is C24H26N3OS+. The third kappa shape index (κ3) is 4.31. The number of hydrogen-bond acceptors (Lipinski definition) is 3. The molecule has 0 saturated heterocycles. The number of H-pyrrole nitrogens is 1. The average molecular weight is 405 g/mol. The van der Waals surface area contributed by atoms with E-state index in [-0.39, 0.29) is 17.6 Å². The fraction of sp³-hybridized carbons (Fsp3) is 0.250. The molecule has 2 aromatic heterocycles. The van der Waals surface area contributed by atoms with Crippen molar-refractivity contribution in [3.05, 3.63) is 98.2 Å². The molecule has 4 rings (SSSR count). The van der Waals surface area contributed by atoms with Gasteiger partial charge in [-0.15, -0.1) is 11.3 Å². The number of aryl methyl sites for hydroxylation is 1. The molecule has 4 aromatic rings. The first-order valence-corrected chi connectivity index (χ1v) is 11.0. The minimum Gasteiger partial charge on any atom is -0.327 e. The average Bonchev–Trinajstić information content (AvgIpc) is 3.27. The molecule has 0 saturated carbocycles. The van der Waals surface area contributed by atoms with Crippen LogP contribution in [0.25, 0.3) is 10.9 Å². The van der Waals surface area contributed by atoms with Gasteiger partial charge in [0.25, 0.3) is 5.56 Å². The van der Waals surface area contributed by atoms with Gasteiger partial charge in [0, 0.05) is 5.56 Å². The van der Waals surface area contributed by atoms with E-state index < -0.39 is 0 Å². The molecule has 0 aliphatic heterocycles. The van der Waals surface area contributed by atoms with Gasteiger partial charge in [0.05, 0.1) is 15.8 Å². The van der Waals surface area contributed by atoms with Crippen molar-refractivity contribution in [3.8, 4) is 0 Å². The van der Waals surface area contributed by atoms with Crippen molar-refractivity contribution in [2.24, 2.45) is 0 Å². The number of aromatic amines is 1. The summed E-state index contributed by atoms with van der Waals surface area (Å²) in [5.41, 5.74) is 3.29. The molecule has 2 atom stereocenters. The second-order valence-electron chi connectivity index (χ2n) is 7.43. The number of nitrogens with one attached hydrogen (secondary N) is 1. The molecule has 4 nitrogen and oxygen atoms in total. The SMILES string of the molecule is CCCc1ccc([C@H]([NH2+][C@H](C)c2nc3ccccc3c(=O)[nH]2)c2cccs2)cc1. The molecule has 3 N–H and O–H groups in total. The summed E-state index contributed by atoms with van der Waals surface area (Å²) in [6, 6.07) is 20.8. The predicted molar refractivity (Wildman–Crippen MR) is 119 cm³/mol. The van der Waals surface area contributed by atoms with Crippen LogP contribution in [0.4, 0.5) is 0 Å². The van der Waals surface area contributed by atoms with Crippen molar-refractivity contribution in [1.29, 1.82) is 0 Å². The van der Waals surface area contributed by atoms with E-state index in [1.807, 2.05) is 24.3 Å². The number of aromatic nitrogens is 2. The third-order valence-corrected chi connectivity index (χ3v) is 6.23. The third-order valence-electron chi connectivity index (χ3n) is 5.27. The number of thiophene rings is 1. The first-order valence-electron chi connectivity index (χ1n) is 10.1. The van der Waals surface area contributed by atoms with Crippen LogP contribution in [0.3, 0.4) is 0 Å². The molecule has 0 fully saturated rings. The van der Waals surface area contributed by atoms with Gasteiger partial charge in [0.15, 0.2) is 5.82 Å². The van der Waals surface area contributed by atoms with E-state index in [9.17, 15) is 4.79 Å². The molecule has 5 heteroatoms. The second kappa shape index (κ2) is 8.72. The van der Waals surface area contributed by atoms with Gasteiger partial charge in [0.1, 0.15) is 12.1 Å². The molecule has 0 radical (unpaired) electrons. The van der Waals surface area contributed by atoms with Gasteiger partial charge in [-0.3, -0.25) is 4.79 Å². The highest BCUT2D eigenvalue weighted by molar-refractivity contribution is 7.10. The van der Waals surface area contributed by atoms with Crippen molar-refractivity contribution in [2.45, 2.75) is 38.8 Å². The lowest BCUT2D eigenvalue weighted by Gasteiger charge is -2.20. The quantitative estimate of drug-likeness (QED) is 0.481. The molecule has 0 aliphatic carbocycles. The summed E-state index contributed by atoms with van der Waals surface area (Å²) >= 11 is 1.76. The van der Waals surface area contributed by atoms with Gasteiger partial charge in [0.2, 0.25) is 0 Å². The molecule has 2 heterocycles. The van der Waals surface area contributed by atoms with Gasteiger partial charge < -0.3 is 10.3 Å². The van der Waals surface area contributed by atoms with Gasteiger partial charge in [-0.2, -0.15) is 0 Å². The van der Waals surface area contributed by atoms with E-state index in [1.54, 1.807) is 11.3 Å².